The van der Waals surface area contributed by atoms with E-state index in [-0.39, 0.29) is 10.7 Å². The maximum Gasteiger partial charge on any atom is 0.354 e. The third-order valence-electron chi connectivity index (χ3n) is 2.27. The van der Waals surface area contributed by atoms with Gasteiger partial charge >= 0.3 is 5.97 Å². The van der Waals surface area contributed by atoms with Crippen LogP contribution in [0.2, 0.25) is 0 Å². The molecule has 17 heavy (non-hydrogen) atoms. The van der Waals surface area contributed by atoms with Crippen LogP contribution in [0.15, 0.2) is 23.4 Å². The van der Waals surface area contributed by atoms with E-state index in [1.807, 2.05) is 0 Å². The van der Waals surface area contributed by atoms with Crippen LogP contribution in [0.25, 0.3) is 10.9 Å². The van der Waals surface area contributed by atoms with Gasteiger partial charge in [0.25, 0.3) is 0 Å². The maximum absolute atomic E-state index is 11.5. The van der Waals surface area contributed by atoms with Gasteiger partial charge in [-0.15, -0.1) is 0 Å². The van der Waals surface area contributed by atoms with Crippen LogP contribution in [-0.4, -0.2) is 37.7 Å². The average molecular weight is 254 g/mol. The predicted molar refractivity (Wildman–Crippen MR) is 60.5 cm³/mol. The molecule has 7 heteroatoms. The van der Waals surface area contributed by atoms with Crippen LogP contribution < -0.4 is 0 Å². The van der Waals surface area contributed by atoms with Crippen molar-refractivity contribution in [3.8, 4) is 0 Å². The van der Waals surface area contributed by atoms with Crippen LogP contribution >= 0.6 is 0 Å². The summed E-state index contributed by atoms with van der Waals surface area (Å²) in [5.41, 5.74) is 0.723. The minimum atomic E-state index is -3.43. The number of nitrogens with one attached hydrogen (secondary N) is 1. The van der Waals surface area contributed by atoms with Crippen LogP contribution in [0.4, 0.5) is 0 Å². The fraction of sp³-hybridized carbons (Fsp3) is 0.200. The second kappa shape index (κ2) is 3.85. The Morgan fingerprint density at radius 3 is 2.76 bits per heavy atom. The number of fused-ring (bicyclic) bond motifs is 1. The number of carbonyl (C=O) groups excluding carboxylic acids is 1. The first kappa shape index (κ1) is 11.6. The van der Waals surface area contributed by atoms with E-state index < -0.39 is 15.8 Å². The molecule has 0 aliphatic heterocycles. The first-order valence-electron chi connectivity index (χ1n) is 4.69. The molecule has 0 aliphatic rings. The Hall–Kier alpha value is -1.89. The van der Waals surface area contributed by atoms with Crippen molar-refractivity contribution in [3.63, 3.8) is 0 Å². The standard InChI is InChI=1S/C10H10N2O4S/c1-16-10(13)8-5-6-7(12-8)3-4-11-9(6)17(2,14)15/h3-5,12H,1-2H3. The molecule has 0 radical (unpaired) electrons. The number of rotatable bonds is 2. The number of pyridine rings is 1. The van der Waals surface area contributed by atoms with Gasteiger partial charge in [-0.25, -0.2) is 18.2 Å². The average Bonchev–Trinajstić information content (AvgIpc) is 2.69. The zero-order valence-corrected chi connectivity index (χ0v) is 10.0. The molecule has 90 valence electrons. The van der Waals surface area contributed by atoms with E-state index in [0.717, 1.165) is 6.26 Å². The maximum atomic E-state index is 11.5. The highest BCUT2D eigenvalue weighted by atomic mass is 32.2. The molecule has 6 nitrogen and oxygen atoms in total. The van der Waals surface area contributed by atoms with Gasteiger partial charge in [-0.3, -0.25) is 0 Å². The lowest BCUT2D eigenvalue weighted by Gasteiger charge is -1.97. The molecule has 0 aromatic carbocycles. The Labute approximate surface area is 97.5 Å². The fourth-order valence-corrected chi connectivity index (χ4v) is 2.36. The van der Waals surface area contributed by atoms with Crippen molar-refractivity contribution in [1.82, 2.24) is 9.97 Å². The molecular weight excluding hydrogens is 244 g/mol. The summed E-state index contributed by atoms with van der Waals surface area (Å²) in [6.45, 7) is 0. The molecule has 0 unspecified atom stereocenters. The smallest absolute Gasteiger partial charge is 0.354 e. The molecular formula is C10H10N2O4S. The van der Waals surface area contributed by atoms with Crippen molar-refractivity contribution in [2.45, 2.75) is 5.03 Å². The minimum absolute atomic E-state index is 0.0543. The molecule has 0 spiro atoms. The largest absolute Gasteiger partial charge is 0.464 e. The van der Waals surface area contributed by atoms with Crippen LogP contribution in [0, 0.1) is 0 Å². The predicted octanol–water partition coefficient (Wildman–Crippen LogP) is 0.753. The van der Waals surface area contributed by atoms with Crippen LogP contribution in [0.5, 0.6) is 0 Å². The number of aromatic amines is 1. The third kappa shape index (κ3) is 2.01. The number of hydrogen-bond acceptors (Lipinski definition) is 5. The number of carbonyl (C=O) groups is 1. The second-order valence-corrected chi connectivity index (χ2v) is 5.46. The molecule has 0 aliphatic carbocycles. The molecule has 0 fully saturated rings. The molecule has 0 saturated carbocycles. The number of ether oxygens (including phenoxy) is 1. The normalized spacial score (nSPS) is 11.6. The van der Waals surface area contributed by atoms with Gasteiger partial charge in [0.15, 0.2) is 14.9 Å². The van der Waals surface area contributed by atoms with Gasteiger partial charge in [0.1, 0.15) is 5.69 Å². The molecule has 2 rings (SSSR count). The van der Waals surface area contributed by atoms with Crippen molar-refractivity contribution < 1.29 is 17.9 Å². The topological polar surface area (TPSA) is 89.1 Å². The van der Waals surface area contributed by atoms with Crippen LogP contribution in [0.3, 0.4) is 0 Å². The number of nitrogens with zero attached hydrogens (tertiary/aromatic N) is 1. The molecule has 0 saturated heterocycles. The molecule has 1 N–H and O–H groups in total. The summed E-state index contributed by atoms with van der Waals surface area (Å²) in [4.78, 5) is 17.9. The molecule has 2 aromatic heterocycles. The van der Waals surface area contributed by atoms with Crippen molar-refractivity contribution in [1.29, 1.82) is 0 Å². The monoisotopic (exact) mass is 254 g/mol. The molecule has 0 bridgehead atoms. The van der Waals surface area contributed by atoms with E-state index in [9.17, 15) is 13.2 Å². The molecule has 0 atom stereocenters. The summed E-state index contributed by atoms with van der Waals surface area (Å²) >= 11 is 0. The van der Waals surface area contributed by atoms with E-state index in [1.54, 1.807) is 6.07 Å². The Morgan fingerprint density at radius 2 is 2.18 bits per heavy atom. The van der Waals surface area contributed by atoms with Gasteiger partial charge in [-0.2, -0.15) is 0 Å². The van der Waals surface area contributed by atoms with Gasteiger partial charge in [0.05, 0.1) is 12.6 Å². The Balaban J connectivity index is 2.74. The third-order valence-corrected chi connectivity index (χ3v) is 3.30. The summed E-state index contributed by atoms with van der Waals surface area (Å²) in [5.74, 6) is -0.555. The first-order valence-corrected chi connectivity index (χ1v) is 6.58. The lowest BCUT2D eigenvalue weighted by atomic mass is 10.3. The fourth-order valence-electron chi connectivity index (χ4n) is 1.54. The summed E-state index contributed by atoms with van der Waals surface area (Å²) in [6.07, 6.45) is 2.44. The number of hydrogen-bond donors (Lipinski definition) is 1. The van der Waals surface area contributed by atoms with Crippen molar-refractivity contribution >= 4 is 26.7 Å². The lowest BCUT2D eigenvalue weighted by Crippen LogP contribution is -2.00. The van der Waals surface area contributed by atoms with Gasteiger partial charge in [0.2, 0.25) is 0 Å². The van der Waals surface area contributed by atoms with Gasteiger partial charge in [0, 0.05) is 17.8 Å². The summed E-state index contributed by atoms with van der Waals surface area (Å²) in [5, 5.41) is 0.330. The lowest BCUT2D eigenvalue weighted by molar-refractivity contribution is 0.0595. The van der Waals surface area contributed by atoms with E-state index >= 15 is 0 Å². The zero-order valence-electron chi connectivity index (χ0n) is 9.22. The van der Waals surface area contributed by atoms with Crippen LogP contribution in [0.1, 0.15) is 10.5 Å². The summed E-state index contributed by atoms with van der Waals surface area (Å²) < 4.78 is 27.6. The first-order chi connectivity index (χ1) is 7.93. The number of aromatic nitrogens is 2. The van der Waals surface area contributed by atoms with E-state index in [1.165, 1.54) is 19.4 Å². The number of methoxy groups -OCH3 is 1. The second-order valence-electron chi connectivity index (χ2n) is 3.52. The summed E-state index contributed by atoms with van der Waals surface area (Å²) in [6, 6.07) is 3.01. The number of sulfone groups is 1. The van der Waals surface area contributed by atoms with E-state index in [4.69, 9.17) is 0 Å². The highest BCUT2D eigenvalue weighted by molar-refractivity contribution is 7.90. The quantitative estimate of drug-likeness (QED) is 0.799. The van der Waals surface area contributed by atoms with Crippen molar-refractivity contribution in [2.75, 3.05) is 13.4 Å². The Bertz CT molecular complexity index is 687. The number of H-pyrrole nitrogens is 1. The van der Waals surface area contributed by atoms with E-state index in [0.29, 0.717) is 10.9 Å². The number of esters is 1. The Morgan fingerprint density at radius 1 is 1.47 bits per heavy atom. The van der Waals surface area contributed by atoms with Crippen molar-refractivity contribution in [2.24, 2.45) is 0 Å². The van der Waals surface area contributed by atoms with Gasteiger partial charge in [-0.1, -0.05) is 0 Å². The van der Waals surface area contributed by atoms with Crippen LogP contribution in [-0.2, 0) is 14.6 Å². The SMILES string of the molecule is COC(=O)c1cc2c(S(C)(=O)=O)nccc2[nH]1. The highest BCUT2D eigenvalue weighted by Crippen LogP contribution is 2.21. The van der Waals surface area contributed by atoms with Crippen molar-refractivity contribution in [3.05, 3.63) is 24.0 Å². The van der Waals surface area contributed by atoms with Gasteiger partial charge < -0.3 is 9.72 Å². The summed E-state index contributed by atoms with van der Waals surface area (Å²) in [7, 11) is -2.18. The molecule has 2 aromatic rings. The Kier molecular flexibility index (Phi) is 2.62. The highest BCUT2D eigenvalue weighted by Gasteiger charge is 2.17. The zero-order chi connectivity index (χ0) is 12.6. The van der Waals surface area contributed by atoms with Gasteiger partial charge in [-0.05, 0) is 12.1 Å². The molecule has 0 amide bonds. The minimum Gasteiger partial charge on any atom is -0.464 e. The molecule has 2 heterocycles. The van der Waals surface area contributed by atoms with E-state index in [2.05, 4.69) is 14.7 Å².